The highest BCUT2D eigenvalue weighted by atomic mass is 31.2. The summed E-state index contributed by atoms with van der Waals surface area (Å²) in [7, 11) is -3.79. The molecule has 0 amide bonds. The highest BCUT2D eigenvalue weighted by molar-refractivity contribution is 7.68. The first-order valence-corrected chi connectivity index (χ1v) is 12.3. The molecule has 2 aromatic carbocycles. The molecule has 1 aliphatic rings. The molecular formula is C23H27O8P. The molecule has 8 nitrogen and oxygen atoms in total. The van der Waals surface area contributed by atoms with E-state index in [1.165, 1.54) is 0 Å². The Balaban J connectivity index is 2.11. The number of ether oxygens (including phenoxy) is 2. The second-order valence-electron chi connectivity index (χ2n) is 7.49. The van der Waals surface area contributed by atoms with Crippen LogP contribution in [-0.4, -0.2) is 54.7 Å². The van der Waals surface area contributed by atoms with Gasteiger partial charge >= 0.3 is 11.9 Å². The third-order valence-corrected chi connectivity index (χ3v) is 7.85. The molecule has 2 N–H and O–H groups in total. The molecule has 1 atom stereocenters. The molecule has 0 fully saturated rings. The molecule has 3 rings (SSSR count). The van der Waals surface area contributed by atoms with Gasteiger partial charge in [0.05, 0.1) is 24.7 Å². The van der Waals surface area contributed by atoms with Crippen LogP contribution in [0.3, 0.4) is 0 Å². The van der Waals surface area contributed by atoms with Crippen molar-refractivity contribution in [3.63, 3.8) is 0 Å². The van der Waals surface area contributed by atoms with E-state index in [-0.39, 0.29) is 19.6 Å². The van der Waals surface area contributed by atoms with Gasteiger partial charge in [0, 0.05) is 5.56 Å². The maximum absolute atomic E-state index is 14.3. The summed E-state index contributed by atoms with van der Waals surface area (Å²) in [5.74, 6) is -1.48. The molecule has 32 heavy (non-hydrogen) atoms. The number of carbonyl (C=O) groups is 2. The zero-order valence-corrected chi connectivity index (χ0v) is 18.8. The molecule has 1 heterocycles. The normalized spacial score (nSPS) is 17.0. The Morgan fingerprint density at radius 2 is 1.50 bits per heavy atom. The number of carbonyl (C=O) groups excluding carboxylic acids is 2. The summed E-state index contributed by atoms with van der Waals surface area (Å²) in [6.45, 7) is 0.284. The number of benzene rings is 2. The van der Waals surface area contributed by atoms with Crippen molar-refractivity contribution in [1.29, 1.82) is 0 Å². The molecule has 0 aromatic heterocycles. The lowest BCUT2D eigenvalue weighted by atomic mass is 9.85. The number of aliphatic hydroxyl groups excluding tert-OH is 2. The summed E-state index contributed by atoms with van der Waals surface area (Å²) in [5, 5.41) is 18.6. The molecule has 172 valence electrons. The SMILES string of the molecule is CCCC(CP1(=O)Oc2ccccc2-c2ccccc21)(C(=O)OCCO)C(=O)OCCO. The summed E-state index contributed by atoms with van der Waals surface area (Å²) in [4.78, 5) is 26.2. The first-order chi connectivity index (χ1) is 15.4. The third-order valence-electron chi connectivity index (χ3n) is 5.28. The van der Waals surface area contributed by atoms with Gasteiger partial charge in [-0.05, 0) is 24.1 Å². The van der Waals surface area contributed by atoms with Crippen LogP contribution >= 0.6 is 7.37 Å². The summed E-state index contributed by atoms with van der Waals surface area (Å²) < 4.78 is 30.6. The number of para-hydroxylation sites is 1. The largest absolute Gasteiger partial charge is 0.462 e. The lowest BCUT2D eigenvalue weighted by Crippen LogP contribution is -2.47. The monoisotopic (exact) mass is 462 g/mol. The van der Waals surface area contributed by atoms with Gasteiger partial charge in [-0.15, -0.1) is 0 Å². The molecule has 1 aliphatic heterocycles. The van der Waals surface area contributed by atoms with Crippen LogP contribution < -0.4 is 9.83 Å². The Morgan fingerprint density at radius 3 is 2.09 bits per heavy atom. The van der Waals surface area contributed by atoms with Crippen molar-refractivity contribution in [2.45, 2.75) is 19.8 Å². The molecule has 0 spiro atoms. The number of aliphatic hydroxyl groups is 2. The Labute approximate surface area is 186 Å². The van der Waals surface area contributed by atoms with Crippen LogP contribution in [0.4, 0.5) is 0 Å². The fourth-order valence-electron chi connectivity index (χ4n) is 3.92. The predicted octanol–water partition coefficient (Wildman–Crippen LogP) is 2.51. The van der Waals surface area contributed by atoms with Crippen molar-refractivity contribution in [3.05, 3.63) is 48.5 Å². The first kappa shape index (κ1) is 24.0. The van der Waals surface area contributed by atoms with E-state index in [0.29, 0.717) is 23.0 Å². The summed E-state index contributed by atoms with van der Waals surface area (Å²) >= 11 is 0. The minimum absolute atomic E-state index is 0.00130. The van der Waals surface area contributed by atoms with Gasteiger partial charge in [0.25, 0.3) is 7.37 Å². The van der Waals surface area contributed by atoms with Crippen LogP contribution in [0.1, 0.15) is 19.8 Å². The predicted molar refractivity (Wildman–Crippen MR) is 118 cm³/mol. The molecule has 0 saturated heterocycles. The molecule has 0 bridgehead atoms. The van der Waals surface area contributed by atoms with Crippen LogP contribution in [0.25, 0.3) is 11.1 Å². The quantitative estimate of drug-likeness (QED) is 0.314. The van der Waals surface area contributed by atoms with Gasteiger partial charge in [0.1, 0.15) is 19.0 Å². The zero-order valence-electron chi connectivity index (χ0n) is 17.9. The number of hydrogen-bond acceptors (Lipinski definition) is 8. The maximum Gasteiger partial charge on any atom is 0.324 e. The van der Waals surface area contributed by atoms with Crippen molar-refractivity contribution < 1.29 is 38.4 Å². The van der Waals surface area contributed by atoms with Gasteiger partial charge in [-0.2, -0.15) is 0 Å². The second-order valence-corrected chi connectivity index (χ2v) is 9.81. The van der Waals surface area contributed by atoms with Crippen LogP contribution in [-0.2, 0) is 23.6 Å². The van der Waals surface area contributed by atoms with Crippen LogP contribution in [0.5, 0.6) is 5.75 Å². The van der Waals surface area contributed by atoms with E-state index in [1.807, 2.05) is 24.3 Å². The molecule has 0 saturated carbocycles. The second kappa shape index (κ2) is 10.3. The Kier molecular flexibility index (Phi) is 7.72. The Hall–Kier alpha value is -2.67. The van der Waals surface area contributed by atoms with Crippen LogP contribution in [0.2, 0.25) is 0 Å². The van der Waals surface area contributed by atoms with Crippen LogP contribution in [0, 0.1) is 5.41 Å². The van der Waals surface area contributed by atoms with Crippen LogP contribution in [0.15, 0.2) is 48.5 Å². The molecular weight excluding hydrogens is 435 g/mol. The number of rotatable bonds is 10. The first-order valence-electron chi connectivity index (χ1n) is 10.5. The third kappa shape index (κ3) is 4.58. The molecule has 1 unspecified atom stereocenters. The number of esters is 2. The van der Waals surface area contributed by atoms with E-state index < -0.39 is 44.1 Å². The topological polar surface area (TPSA) is 119 Å². The standard InChI is InChI=1S/C23H27O8P/c1-2-11-23(21(26)29-14-12-24,22(27)30-15-13-25)16-32(28)20-10-6-4-8-18(20)17-7-3-5-9-19(17)31-32/h3-10,24-25H,2,11-16H2,1H3. The lowest BCUT2D eigenvalue weighted by molar-refractivity contribution is -0.172. The van der Waals surface area contributed by atoms with Crippen molar-refractivity contribution in [3.8, 4) is 16.9 Å². The average Bonchev–Trinajstić information content (AvgIpc) is 2.80. The molecule has 2 aromatic rings. The zero-order chi connectivity index (χ0) is 23.2. The van der Waals surface area contributed by atoms with E-state index in [2.05, 4.69) is 0 Å². The molecule has 0 radical (unpaired) electrons. The molecule has 0 aliphatic carbocycles. The molecule has 9 heteroatoms. The fraction of sp³-hybridized carbons (Fsp3) is 0.391. The smallest absolute Gasteiger partial charge is 0.324 e. The fourth-order valence-corrected chi connectivity index (χ4v) is 6.74. The number of hydrogen-bond donors (Lipinski definition) is 2. The van der Waals surface area contributed by atoms with E-state index >= 15 is 0 Å². The summed E-state index contributed by atoms with van der Waals surface area (Å²) in [5.41, 5.74) is -0.453. The van der Waals surface area contributed by atoms with E-state index in [1.54, 1.807) is 31.2 Å². The lowest BCUT2D eigenvalue weighted by Gasteiger charge is -2.35. The average molecular weight is 462 g/mol. The van der Waals surface area contributed by atoms with Gasteiger partial charge in [-0.25, -0.2) is 0 Å². The van der Waals surface area contributed by atoms with E-state index in [0.717, 1.165) is 5.56 Å². The van der Waals surface area contributed by atoms with Crippen molar-refractivity contribution >= 4 is 24.6 Å². The highest BCUT2D eigenvalue weighted by Crippen LogP contribution is 2.58. The Morgan fingerprint density at radius 1 is 0.938 bits per heavy atom. The number of fused-ring (bicyclic) bond motifs is 3. The highest BCUT2D eigenvalue weighted by Gasteiger charge is 2.55. The van der Waals surface area contributed by atoms with Crippen molar-refractivity contribution in [2.24, 2.45) is 5.41 Å². The van der Waals surface area contributed by atoms with Gasteiger partial charge in [-0.3, -0.25) is 14.2 Å². The summed E-state index contributed by atoms with van der Waals surface area (Å²) in [6, 6.07) is 14.2. The minimum Gasteiger partial charge on any atom is -0.462 e. The van der Waals surface area contributed by atoms with Gasteiger partial charge in [0.15, 0.2) is 5.41 Å². The van der Waals surface area contributed by atoms with Gasteiger partial charge in [-0.1, -0.05) is 49.7 Å². The Bertz CT molecular complexity index is 999. The van der Waals surface area contributed by atoms with Crippen molar-refractivity contribution in [2.75, 3.05) is 32.6 Å². The van der Waals surface area contributed by atoms with Crippen molar-refractivity contribution in [1.82, 2.24) is 0 Å². The van der Waals surface area contributed by atoms with Gasteiger partial charge < -0.3 is 24.2 Å². The van der Waals surface area contributed by atoms with E-state index in [9.17, 15) is 14.2 Å². The maximum atomic E-state index is 14.3. The van der Waals surface area contributed by atoms with E-state index in [4.69, 9.17) is 24.2 Å². The van der Waals surface area contributed by atoms with Gasteiger partial charge in [0.2, 0.25) is 0 Å². The minimum atomic E-state index is -3.79. The summed E-state index contributed by atoms with van der Waals surface area (Å²) in [6.07, 6.45) is -0.0763.